The van der Waals surface area contributed by atoms with Crippen molar-refractivity contribution < 1.29 is 13.9 Å². The molecule has 0 N–H and O–H groups in total. The van der Waals surface area contributed by atoms with Crippen molar-refractivity contribution in [1.82, 2.24) is 0 Å². The Bertz CT molecular complexity index is 427. The molecular weight excluding hydrogens is 231 g/mol. The highest BCUT2D eigenvalue weighted by atomic mass is 35.5. The standard InChI is InChI=1S/C12H12ClFO2/c1-7(15)10-4-9(14)5-11(13)12(10)16-6-8-2-3-8/h4-5,8H,2-3,6H2,1H3. The molecular formula is C12H12ClFO2. The minimum absolute atomic E-state index is 0.158. The van der Waals surface area contributed by atoms with Gasteiger partial charge in [0.05, 0.1) is 17.2 Å². The van der Waals surface area contributed by atoms with Crippen LogP contribution in [0.5, 0.6) is 5.75 Å². The molecule has 0 amide bonds. The summed E-state index contributed by atoms with van der Waals surface area (Å²) in [4.78, 5) is 11.3. The average molecular weight is 243 g/mol. The Hall–Kier alpha value is -1.09. The van der Waals surface area contributed by atoms with Crippen LogP contribution in [0.15, 0.2) is 12.1 Å². The highest BCUT2D eigenvalue weighted by Crippen LogP contribution is 2.34. The van der Waals surface area contributed by atoms with Crippen molar-refractivity contribution in [2.24, 2.45) is 5.92 Å². The van der Waals surface area contributed by atoms with E-state index in [1.165, 1.54) is 6.92 Å². The Morgan fingerprint density at radius 3 is 2.81 bits per heavy atom. The van der Waals surface area contributed by atoms with Gasteiger partial charge in [-0.2, -0.15) is 0 Å². The summed E-state index contributed by atoms with van der Waals surface area (Å²) >= 11 is 5.87. The lowest BCUT2D eigenvalue weighted by Gasteiger charge is -2.11. The number of halogens is 2. The van der Waals surface area contributed by atoms with Crippen LogP contribution in [0.1, 0.15) is 30.1 Å². The largest absolute Gasteiger partial charge is 0.491 e. The SMILES string of the molecule is CC(=O)c1cc(F)cc(Cl)c1OCC1CC1. The molecule has 1 aliphatic rings. The quantitative estimate of drug-likeness (QED) is 0.756. The molecule has 16 heavy (non-hydrogen) atoms. The molecule has 0 atom stereocenters. The van der Waals surface area contributed by atoms with Crippen LogP contribution in [0.4, 0.5) is 4.39 Å². The Morgan fingerprint density at radius 1 is 1.56 bits per heavy atom. The van der Waals surface area contributed by atoms with Gasteiger partial charge in [0.2, 0.25) is 0 Å². The van der Waals surface area contributed by atoms with E-state index in [0.29, 0.717) is 18.3 Å². The number of carbonyl (C=O) groups excluding carboxylic acids is 1. The Kier molecular flexibility index (Phi) is 3.15. The molecule has 1 aromatic carbocycles. The zero-order valence-corrected chi connectivity index (χ0v) is 9.68. The molecule has 1 aliphatic carbocycles. The summed E-state index contributed by atoms with van der Waals surface area (Å²) in [5.74, 6) is 0.101. The van der Waals surface area contributed by atoms with Gasteiger partial charge in [0, 0.05) is 0 Å². The molecule has 0 spiro atoms. The van der Waals surface area contributed by atoms with Crippen molar-refractivity contribution >= 4 is 17.4 Å². The van der Waals surface area contributed by atoms with Gasteiger partial charge in [0.1, 0.15) is 11.6 Å². The van der Waals surface area contributed by atoms with Gasteiger partial charge >= 0.3 is 0 Å². The third-order valence-electron chi connectivity index (χ3n) is 2.55. The van der Waals surface area contributed by atoms with E-state index in [-0.39, 0.29) is 16.4 Å². The van der Waals surface area contributed by atoms with Crippen LogP contribution in [0, 0.1) is 11.7 Å². The molecule has 0 saturated heterocycles. The Labute approximate surface area is 98.4 Å². The summed E-state index contributed by atoms with van der Waals surface area (Å²) < 4.78 is 18.6. The van der Waals surface area contributed by atoms with E-state index in [0.717, 1.165) is 25.0 Å². The van der Waals surface area contributed by atoms with Crippen molar-refractivity contribution in [3.63, 3.8) is 0 Å². The van der Waals surface area contributed by atoms with Gasteiger partial charge in [-0.15, -0.1) is 0 Å². The van der Waals surface area contributed by atoms with Crippen molar-refractivity contribution in [2.75, 3.05) is 6.61 Å². The van der Waals surface area contributed by atoms with Crippen molar-refractivity contribution in [3.8, 4) is 5.75 Å². The molecule has 1 fully saturated rings. The predicted molar refractivity (Wildman–Crippen MR) is 59.6 cm³/mol. The first-order valence-corrected chi connectivity index (χ1v) is 5.58. The molecule has 1 saturated carbocycles. The molecule has 2 rings (SSSR count). The lowest BCUT2D eigenvalue weighted by atomic mass is 10.1. The fraction of sp³-hybridized carbons (Fsp3) is 0.417. The number of ether oxygens (including phenoxy) is 1. The van der Waals surface area contributed by atoms with Crippen LogP contribution in [-0.2, 0) is 0 Å². The second-order valence-electron chi connectivity index (χ2n) is 4.07. The molecule has 0 radical (unpaired) electrons. The maximum absolute atomic E-state index is 13.1. The van der Waals surface area contributed by atoms with E-state index in [9.17, 15) is 9.18 Å². The summed E-state index contributed by atoms with van der Waals surface area (Å²) in [6, 6.07) is 2.33. The minimum Gasteiger partial charge on any atom is -0.491 e. The second kappa shape index (κ2) is 4.42. The van der Waals surface area contributed by atoms with Gasteiger partial charge in [-0.05, 0) is 37.8 Å². The molecule has 2 nitrogen and oxygen atoms in total. The summed E-state index contributed by atoms with van der Waals surface area (Å²) in [6.45, 7) is 1.92. The van der Waals surface area contributed by atoms with Gasteiger partial charge in [-0.25, -0.2) is 4.39 Å². The molecule has 0 aromatic heterocycles. The van der Waals surface area contributed by atoms with E-state index < -0.39 is 5.82 Å². The first-order valence-electron chi connectivity index (χ1n) is 5.20. The normalized spacial score (nSPS) is 14.9. The van der Waals surface area contributed by atoms with Crippen LogP contribution in [0.2, 0.25) is 5.02 Å². The number of ketones is 1. The number of benzene rings is 1. The van der Waals surface area contributed by atoms with Gasteiger partial charge in [-0.3, -0.25) is 4.79 Å². The van der Waals surface area contributed by atoms with Crippen LogP contribution >= 0.6 is 11.6 Å². The monoisotopic (exact) mass is 242 g/mol. The molecule has 0 aliphatic heterocycles. The van der Waals surface area contributed by atoms with Crippen LogP contribution in [0.3, 0.4) is 0 Å². The van der Waals surface area contributed by atoms with Gasteiger partial charge in [0.15, 0.2) is 5.78 Å². The number of Topliss-reactive ketones (excluding diaryl/α,β-unsaturated/α-hetero) is 1. The fourth-order valence-electron chi connectivity index (χ4n) is 1.45. The van der Waals surface area contributed by atoms with Crippen LogP contribution in [0.25, 0.3) is 0 Å². The van der Waals surface area contributed by atoms with Crippen LogP contribution in [-0.4, -0.2) is 12.4 Å². The highest BCUT2D eigenvalue weighted by molar-refractivity contribution is 6.32. The summed E-state index contributed by atoms with van der Waals surface area (Å²) in [7, 11) is 0. The third-order valence-corrected chi connectivity index (χ3v) is 2.83. The zero-order valence-electron chi connectivity index (χ0n) is 8.93. The second-order valence-corrected chi connectivity index (χ2v) is 4.48. The highest BCUT2D eigenvalue weighted by Gasteiger charge is 2.23. The smallest absolute Gasteiger partial charge is 0.163 e. The Balaban J connectivity index is 2.27. The Morgan fingerprint density at radius 2 is 2.25 bits per heavy atom. The van der Waals surface area contributed by atoms with Crippen molar-refractivity contribution in [2.45, 2.75) is 19.8 Å². The van der Waals surface area contributed by atoms with Gasteiger partial charge in [0.25, 0.3) is 0 Å². The molecule has 86 valence electrons. The van der Waals surface area contributed by atoms with E-state index in [1.54, 1.807) is 0 Å². The summed E-state index contributed by atoms with van der Waals surface area (Å²) in [6.07, 6.45) is 2.29. The predicted octanol–water partition coefficient (Wildman–Crippen LogP) is 3.47. The lowest BCUT2D eigenvalue weighted by molar-refractivity contribution is 0.101. The number of carbonyl (C=O) groups is 1. The van der Waals surface area contributed by atoms with E-state index in [2.05, 4.69) is 0 Å². The number of hydrogen-bond acceptors (Lipinski definition) is 2. The van der Waals surface area contributed by atoms with Crippen LogP contribution < -0.4 is 4.74 Å². The van der Waals surface area contributed by atoms with Gasteiger partial charge in [-0.1, -0.05) is 11.6 Å². The third kappa shape index (κ3) is 2.53. The summed E-state index contributed by atoms with van der Waals surface area (Å²) in [5.41, 5.74) is 0.214. The molecule has 0 bridgehead atoms. The summed E-state index contributed by atoms with van der Waals surface area (Å²) in [5, 5.41) is 0.158. The van der Waals surface area contributed by atoms with Crippen molar-refractivity contribution in [3.05, 3.63) is 28.5 Å². The number of hydrogen-bond donors (Lipinski definition) is 0. The maximum atomic E-state index is 13.1. The average Bonchev–Trinajstić information content (AvgIpc) is 2.98. The van der Waals surface area contributed by atoms with Gasteiger partial charge < -0.3 is 4.74 Å². The molecule has 0 unspecified atom stereocenters. The maximum Gasteiger partial charge on any atom is 0.163 e. The molecule has 1 aromatic rings. The lowest BCUT2D eigenvalue weighted by Crippen LogP contribution is -2.05. The minimum atomic E-state index is -0.519. The van der Waals surface area contributed by atoms with E-state index in [4.69, 9.17) is 16.3 Å². The molecule has 0 heterocycles. The van der Waals surface area contributed by atoms with Crippen molar-refractivity contribution in [1.29, 1.82) is 0 Å². The van der Waals surface area contributed by atoms with E-state index >= 15 is 0 Å². The zero-order chi connectivity index (χ0) is 11.7. The van der Waals surface area contributed by atoms with E-state index in [1.807, 2.05) is 0 Å². The molecule has 4 heteroatoms. The number of rotatable bonds is 4. The topological polar surface area (TPSA) is 26.3 Å². The fourth-order valence-corrected chi connectivity index (χ4v) is 1.71. The first-order chi connectivity index (χ1) is 7.58. The first kappa shape index (κ1) is 11.4.